The van der Waals surface area contributed by atoms with Gasteiger partial charge in [0.2, 0.25) is 0 Å². The summed E-state index contributed by atoms with van der Waals surface area (Å²) in [4.78, 5) is 4.65. The molecule has 0 amide bonds. The minimum absolute atomic E-state index is 1.05. The van der Waals surface area contributed by atoms with Crippen LogP contribution in [-0.2, 0) is 0 Å². The quantitative estimate of drug-likeness (QED) is 0.794. The molecule has 2 heteroatoms. The van der Waals surface area contributed by atoms with Crippen LogP contribution in [0, 0.1) is 0 Å². The Morgan fingerprint density at radius 1 is 0.889 bits per heavy atom. The molecule has 0 spiro atoms. The second-order valence-corrected chi connectivity index (χ2v) is 4.91. The molecule has 0 radical (unpaired) electrons. The number of hydrogen-bond acceptors (Lipinski definition) is 2. The second kappa shape index (κ2) is 5.87. The first-order chi connectivity index (χ1) is 8.70. The number of benzene rings is 2. The Morgan fingerprint density at radius 3 is 2.28 bits per heavy atom. The molecule has 0 bridgehead atoms. The number of nitrogens with zero attached hydrogens (tertiary/aromatic N) is 2. The maximum Gasteiger partial charge on any atom is 0.0372 e. The van der Waals surface area contributed by atoms with Crippen LogP contribution in [0.15, 0.2) is 42.5 Å². The number of likely N-dealkylation sites (N-methyl/N-ethyl adjacent to an activating group) is 2. The molecule has 2 aromatic carbocycles. The average molecular weight is 242 g/mol. The van der Waals surface area contributed by atoms with E-state index in [0.29, 0.717) is 0 Å². The number of hydrogen-bond donors (Lipinski definition) is 0. The smallest absolute Gasteiger partial charge is 0.0372 e. The highest BCUT2D eigenvalue weighted by Gasteiger charge is 2.05. The summed E-state index contributed by atoms with van der Waals surface area (Å²) in [5.41, 5.74) is 1.32. The van der Waals surface area contributed by atoms with Gasteiger partial charge in [-0.2, -0.15) is 0 Å². The number of anilines is 1. The largest absolute Gasteiger partial charge is 0.371 e. The molecule has 0 unspecified atom stereocenters. The lowest BCUT2D eigenvalue weighted by Gasteiger charge is -2.25. The zero-order valence-corrected chi connectivity index (χ0v) is 11.6. The predicted octanol–water partition coefficient (Wildman–Crippen LogP) is 3.23. The van der Waals surface area contributed by atoms with Crippen LogP contribution in [-0.4, -0.2) is 38.6 Å². The van der Waals surface area contributed by atoms with Gasteiger partial charge in [-0.1, -0.05) is 30.3 Å². The molecule has 0 aliphatic carbocycles. The number of fused-ring (bicyclic) bond motifs is 1. The zero-order valence-electron chi connectivity index (χ0n) is 11.6. The zero-order chi connectivity index (χ0) is 13.0. The Morgan fingerprint density at radius 2 is 1.61 bits per heavy atom. The van der Waals surface area contributed by atoms with Crippen molar-refractivity contribution < 1.29 is 0 Å². The van der Waals surface area contributed by atoms with Gasteiger partial charge in [-0.25, -0.2) is 0 Å². The van der Waals surface area contributed by atoms with Gasteiger partial charge in [-0.05, 0) is 43.9 Å². The fraction of sp³-hybridized carbons (Fsp3) is 0.375. The summed E-state index contributed by atoms with van der Waals surface area (Å²) in [7, 11) is 4.24. The topological polar surface area (TPSA) is 6.48 Å². The average Bonchev–Trinajstić information content (AvgIpc) is 2.39. The summed E-state index contributed by atoms with van der Waals surface area (Å²) in [6.45, 7) is 5.42. The van der Waals surface area contributed by atoms with Gasteiger partial charge in [0.15, 0.2) is 0 Å². The maximum absolute atomic E-state index is 2.42. The summed E-state index contributed by atoms with van der Waals surface area (Å²) < 4.78 is 0. The van der Waals surface area contributed by atoms with E-state index in [2.05, 4.69) is 73.3 Å². The van der Waals surface area contributed by atoms with Crippen molar-refractivity contribution in [2.24, 2.45) is 0 Å². The normalized spacial score (nSPS) is 11.1. The first-order valence-corrected chi connectivity index (χ1v) is 6.59. The minimum Gasteiger partial charge on any atom is -0.371 e. The molecule has 0 saturated heterocycles. The molecule has 2 aromatic rings. The van der Waals surface area contributed by atoms with E-state index in [-0.39, 0.29) is 0 Å². The summed E-state index contributed by atoms with van der Waals surface area (Å²) in [6, 6.07) is 15.3. The van der Waals surface area contributed by atoms with Gasteiger partial charge in [0.05, 0.1) is 0 Å². The highest BCUT2D eigenvalue weighted by atomic mass is 15.2. The molecule has 0 aliphatic heterocycles. The lowest BCUT2D eigenvalue weighted by Crippen LogP contribution is -2.31. The molecule has 0 N–H and O–H groups in total. The third-order valence-corrected chi connectivity index (χ3v) is 3.30. The van der Waals surface area contributed by atoms with Crippen LogP contribution in [0.4, 0.5) is 5.69 Å². The molecule has 0 aliphatic rings. The maximum atomic E-state index is 2.42. The van der Waals surface area contributed by atoms with Crippen LogP contribution in [0.2, 0.25) is 0 Å². The molecule has 2 rings (SSSR count). The van der Waals surface area contributed by atoms with Crippen molar-refractivity contribution in [2.45, 2.75) is 6.92 Å². The fourth-order valence-corrected chi connectivity index (χ4v) is 2.16. The van der Waals surface area contributed by atoms with Gasteiger partial charge in [0.1, 0.15) is 0 Å². The van der Waals surface area contributed by atoms with Gasteiger partial charge in [0.25, 0.3) is 0 Å². The molecule has 0 saturated carbocycles. The van der Waals surface area contributed by atoms with Crippen LogP contribution in [0.1, 0.15) is 6.92 Å². The molecule has 0 aromatic heterocycles. The van der Waals surface area contributed by atoms with Crippen molar-refractivity contribution in [1.29, 1.82) is 0 Å². The van der Waals surface area contributed by atoms with E-state index in [1.165, 1.54) is 16.5 Å². The van der Waals surface area contributed by atoms with E-state index in [4.69, 9.17) is 0 Å². The molecule has 18 heavy (non-hydrogen) atoms. The van der Waals surface area contributed by atoms with E-state index in [1.54, 1.807) is 0 Å². The lowest BCUT2D eigenvalue weighted by atomic mass is 10.1. The summed E-state index contributed by atoms with van der Waals surface area (Å²) in [6.07, 6.45) is 0. The van der Waals surface area contributed by atoms with E-state index < -0.39 is 0 Å². The Balaban J connectivity index is 2.22. The van der Waals surface area contributed by atoms with Gasteiger partial charge >= 0.3 is 0 Å². The SMILES string of the molecule is CCN(CCN(C)C)c1ccc2ccccc2c1. The van der Waals surface area contributed by atoms with Crippen molar-refractivity contribution >= 4 is 16.5 Å². The highest BCUT2D eigenvalue weighted by Crippen LogP contribution is 2.21. The van der Waals surface area contributed by atoms with Crippen LogP contribution in [0.25, 0.3) is 10.8 Å². The molecule has 0 fully saturated rings. The van der Waals surface area contributed by atoms with Gasteiger partial charge in [0, 0.05) is 25.3 Å². The van der Waals surface area contributed by atoms with Crippen LogP contribution in [0.5, 0.6) is 0 Å². The highest BCUT2D eigenvalue weighted by molar-refractivity contribution is 5.85. The third kappa shape index (κ3) is 3.02. The Hall–Kier alpha value is -1.54. The van der Waals surface area contributed by atoms with E-state index in [0.717, 1.165) is 19.6 Å². The summed E-state index contributed by atoms with van der Waals surface area (Å²) in [5, 5.41) is 2.63. The molecular formula is C16H22N2. The monoisotopic (exact) mass is 242 g/mol. The Kier molecular flexibility index (Phi) is 4.21. The van der Waals surface area contributed by atoms with Crippen molar-refractivity contribution in [3.8, 4) is 0 Å². The van der Waals surface area contributed by atoms with Crippen molar-refractivity contribution in [2.75, 3.05) is 38.6 Å². The summed E-state index contributed by atoms with van der Waals surface area (Å²) in [5.74, 6) is 0. The van der Waals surface area contributed by atoms with Crippen LogP contribution < -0.4 is 4.90 Å². The standard InChI is InChI=1S/C16H22N2/c1-4-18(12-11-17(2)3)16-10-9-14-7-5-6-8-15(14)13-16/h5-10,13H,4,11-12H2,1-3H3. The van der Waals surface area contributed by atoms with Crippen molar-refractivity contribution in [3.05, 3.63) is 42.5 Å². The van der Waals surface area contributed by atoms with Crippen LogP contribution >= 0.6 is 0 Å². The van der Waals surface area contributed by atoms with E-state index >= 15 is 0 Å². The van der Waals surface area contributed by atoms with Crippen molar-refractivity contribution in [1.82, 2.24) is 4.90 Å². The number of rotatable bonds is 5. The van der Waals surface area contributed by atoms with Gasteiger partial charge in [-0.15, -0.1) is 0 Å². The molecule has 96 valence electrons. The first kappa shape index (κ1) is 12.9. The lowest BCUT2D eigenvalue weighted by molar-refractivity contribution is 0.414. The third-order valence-electron chi connectivity index (χ3n) is 3.30. The predicted molar refractivity (Wildman–Crippen MR) is 80.4 cm³/mol. The minimum atomic E-state index is 1.05. The van der Waals surface area contributed by atoms with Gasteiger partial charge in [-0.3, -0.25) is 0 Å². The van der Waals surface area contributed by atoms with E-state index in [9.17, 15) is 0 Å². The molecule has 0 heterocycles. The molecule has 2 nitrogen and oxygen atoms in total. The second-order valence-electron chi connectivity index (χ2n) is 4.91. The first-order valence-electron chi connectivity index (χ1n) is 6.59. The van der Waals surface area contributed by atoms with E-state index in [1.807, 2.05) is 0 Å². The van der Waals surface area contributed by atoms with Crippen molar-refractivity contribution in [3.63, 3.8) is 0 Å². The van der Waals surface area contributed by atoms with Crippen LogP contribution in [0.3, 0.4) is 0 Å². The fourth-order valence-electron chi connectivity index (χ4n) is 2.16. The molecule has 0 atom stereocenters. The summed E-state index contributed by atoms with van der Waals surface area (Å²) >= 11 is 0. The van der Waals surface area contributed by atoms with Gasteiger partial charge < -0.3 is 9.80 Å². The Labute approximate surface area is 110 Å². The Bertz CT molecular complexity index is 505. The molecular weight excluding hydrogens is 220 g/mol.